The molecule has 3 aliphatic rings. The molecule has 3 aromatic rings. The van der Waals surface area contributed by atoms with E-state index in [1.165, 1.54) is 12.8 Å². The Morgan fingerprint density at radius 2 is 1.73 bits per heavy atom. The van der Waals surface area contributed by atoms with Gasteiger partial charge in [-0.05, 0) is 105 Å². The molecule has 0 bridgehead atoms. The normalized spacial score (nSPS) is 20.4. The number of hydrogen-bond acceptors (Lipinski definition) is 5. The summed E-state index contributed by atoms with van der Waals surface area (Å²) >= 11 is 6.28. The van der Waals surface area contributed by atoms with Gasteiger partial charge in [0.2, 0.25) is 10.0 Å². The minimum Gasteiger partial charge on any atom is -0.340 e. The van der Waals surface area contributed by atoms with E-state index in [9.17, 15) is 13.2 Å². The van der Waals surface area contributed by atoms with E-state index < -0.39 is 10.0 Å². The van der Waals surface area contributed by atoms with Gasteiger partial charge in [-0.25, -0.2) is 13.4 Å². The molecule has 0 amide bonds. The average Bonchev–Trinajstić information content (AvgIpc) is 3.44. The van der Waals surface area contributed by atoms with Crippen LogP contribution in [0.2, 0.25) is 5.02 Å². The summed E-state index contributed by atoms with van der Waals surface area (Å²) in [5.74, 6) is 2.07. The number of pyridine rings is 2. The largest absolute Gasteiger partial charge is 0.340 e. The SMILES string of the molecule is Cc1cc(S(=O)(=O)N2CC3(CCC(C(C)C)CC3)C2)ccc1Nc1ccc2cc(Cl)c(=O)n(C3CCCC3)c2n1. The second kappa shape index (κ2) is 10.4. The number of aryl methyl sites for hydroxylation is 1. The van der Waals surface area contributed by atoms with Crippen molar-refractivity contribution in [3.63, 3.8) is 0 Å². The maximum absolute atomic E-state index is 13.5. The van der Waals surface area contributed by atoms with Crippen LogP contribution >= 0.6 is 11.6 Å². The monoisotopic (exact) mass is 582 g/mol. The van der Waals surface area contributed by atoms with Crippen LogP contribution in [0.3, 0.4) is 0 Å². The number of benzene rings is 1. The van der Waals surface area contributed by atoms with Crippen molar-refractivity contribution >= 4 is 44.2 Å². The highest BCUT2D eigenvalue weighted by atomic mass is 35.5. The summed E-state index contributed by atoms with van der Waals surface area (Å²) in [5.41, 5.74) is 2.19. The highest BCUT2D eigenvalue weighted by Crippen LogP contribution is 2.48. The van der Waals surface area contributed by atoms with Crippen LogP contribution in [0.25, 0.3) is 11.0 Å². The standard InChI is InChI=1S/C31H39ClN4O3S/c1-20(2)22-12-14-31(15-13-22)18-35(19-31)40(38,39)25-9-10-27(21(3)16-25)33-28-11-8-23-17-26(32)30(37)36(29(23)34-28)24-6-4-5-7-24/h8-11,16-17,20,22,24H,4-7,12-15,18-19H2,1-3H3,(H,33,34). The van der Waals surface area contributed by atoms with Gasteiger partial charge >= 0.3 is 0 Å². The van der Waals surface area contributed by atoms with Gasteiger partial charge in [0.25, 0.3) is 5.56 Å². The molecule has 40 heavy (non-hydrogen) atoms. The Morgan fingerprint density at radius 3 is 2.38 bits per heavy atom. The van der Waals surface area contributed by atoms with Gasteiger partial charge in [-0.3, -0.25) is 9.36 Å². The molecule has 7 nitrogen and oxygen atoms in total. The average molecular weight is 583 g/mol. The lowest BCUT2D eigenvalue weighted by atomic mass is 9.65. The molecule has 2 aromatic heterocycles. The molecule has 1 aromatic carbocycles. The molecule has 3 heterocycles. The van der Waals surface area contributed by atoms with Gasteiger partial charge in [0.15, 0.2) is 0 Å². The molecule has 2 aliphatic carbocycles. The number of rotatable bonds is 6. The van der Waals surface area contributed by atoms with Crippen LogP contribution < -0.4 is 10.9 Å². The third-order valence-electron chi connectivity index (χ3n) is 9.68. The van der Waals surface area contributed by atoms with E-state index >= 15 is 0 Å². The highest BCUT2D eigenvalue weighted by Gasteiger charge is 2.49. The van der Waals surface area contributed by atoms with Crippen molar-refractivity contribution in [1.29, 1.82) is 0 Å². The first-order chi connectivity index (χ1) is 19.1. The highest BCUT2D eigenvalue weighted by molar-refractivity contribution is 7.89. The maximum Gasteiger partial charge on any atom is 0.271 e. The van der Waals surface area contributed by atoms with Crippen molar-refractivity contribution in [2.75, 3.05) is 18.4 Å². The Kier molecular flexibility index (Phi) is 7.24. The first-order valence-electron chi connectivity index (χ1n) is 14.7. The van der Waals surface area contributed by atoms with E-state index in [2.05, 4.69) is 19.2 Å². The van der Waals surface area contributed by atoms with Gasteiger partial charge in [-0.2, -0.15) is 4.31 Å². The predicted molar refractivity (Wildman–Crippen MR) is 161 cm³/mol. The molecule has 1 N–H and O–H groups in total. The van der Waals surface area contributed by atoms with Gasteiger partial charge in [0.05, 0.1) is 4.90 Å². The van der Waals surface area contributed by atoms with Crippen molar-refractivity contribution in [3.8, 4) is 0 Å². The molecule has 3 fully saturated rings. The van der Waals surface area contributed by atoms with Crippen LogP contribution in [0.1, 0.15) is 76.8 Å². The molecular formula is C31H39ClN4O3S. The van der Waals surface area contributed by atoms with E-state index in [-0.39, 0.29) is 22.0 Å². The number of aromatic nitrogens is 2. The summed E-state index contributed by atoms with van der Waals surface area (Å²) in [6.45, 7) is 7.76. The number of nitrogens with zero attached hydrogens (tertiary/aromatic N) is 3. The maximum atomic E-state index is 13.5. The smallest absolute Gasteiger partial charge is 0.271 e. The summed E-state index contributed by atoms with van der Waals surface area (Å²) in [5, 5.41) is 4.38. The zero-order chi connectivity index (χ0) is 28.2. The lowest BCUT2D eigenvalue weighted by Crippen LogP contribution is -2.59. The third kappa shape index (κ3) is 4.96. The van der Waals surface area contributed by atoms with Gasteiger partial charge < -0.3 is 5.32 Å². The topological polar surface area (TPSA) is 84.3 Å². The summed E-state index contributed by atoms with van der Waals surface area (Å²) in [6, 6.07) is 10.8. The Labute approximate surface area is 242 Å². The number of anilines is 2. The van der Waals surface area contributed by atoms with Gasteiger partial charge in [0.1, 0.15) is 16.5 Å². The fourth-order valence-electron chi connectivity index (χ4n) is 7.08. The van der Waals surface area contributed by atoms with Crippen molar-refractivity contribution in [2.45, 2.75) is 83.1 Å². The second-order valence-corrected chi connectivity index (χ2v) is 15.0. The van der Waals surface area contributed by atoms with Crippen LogP contribution in [-0.4, -0.2) is 35.4 Å². The van der Waals surface area contributed by atoms with Crippen LogP contribution in [0.5, 0.6) is 0 Å². The van der Waals surface area contributed by atoms with Crippen molar-refractivity contribution in [3.05, 3.63) is 57.3 Å². The van der Waals surface area contributed by atoms with Gasteiger partial charge in [-0.1, -0.05) is 38.3 Å². The predicted octanol–water partition coefficient (Wildman–Crippen LogP) is 7.05. The van der Waals surface area contributed by atoms with Crippen LogP contribution in [0.15, 0.2) is 46.1 Å². The molecule has 214 valence electrons. The molecule has 0 unspecified atom stereocenters. The van der Waals surface area contributed by atoms with E-state index in [0.29, 0.717) is 35.4 Å². The first kappa shape index (κ1) is 27.7. The molecule has 0 radical (unpaired) electrons. The Bertz CT molecular complexity index is 1590. The van der Waals surface area contributed by atoms with Gasteiger partial charge in [-0.15, -0.1) is 0 Å². The van der Waals surface area contributed by atoms with E-state index in [1.807, 2.05) is 25.1 Å². The zero-order valence-corrected chi connectivity index (χ0v) is 25.2. The lowest BCUT2D eigenvalue weighted by molar-refractivity contribution is 0.00822. The van der Waals surface area contributed by atoms with E-state index in [4.69, 9.17) is 16.6 Å². The fourth-order valence-corrected chi connectivity index (χ4v) is 9.04. The van der Waals surface area contributed by atoms with E-state index in [0.717, 1.165) is 61.1 Å². The lowest BCUT2D eigenvalue weighted by Gasteiger charge is -2.53. The molecule has 1 saturated heterocycles. The van der Waals surface area contributed by atoms with Crippen LogP contribution in [-0.2, 0) is 10.0 Å². The number of nitrogens with one attached hydrogen (secondary N) is 1. The van der Waals surface area contributed by atoms with Crippen molar-refractivity contribution < 1.29 is 8.42 Å². The molecule has 1 spiro atoms. The first-order valence-corrected chi connectivity index (χ1v) is 16.5. The molecule has 2 saturated carbocycles. The Hall–Kier alpha value is -2.42. The molecule has 0 atom stereocenters. The number of halogens is 1. The summed E-state index contributed by atoms with van der Waals surface area (Å²) in [4.78, 5) is 18.1. The molecule has 9 heteroatoms. The molecule has 1 aliphatic heterocycles. The van der Waals surface area contributed by atoms with Crippen molar-refractivity contribution in [2.24, 2.45) is 17.3 Å². The minimum atomic E-state index is -3.53. The summed E-state index contributed by atoms with van der Waals surface area (Å²) < 4.78 is 30.3. The Balaban J connectivity index is 1.20. The zero-order valence-electron chi connectivity index (χ0n) is 23.6. The Morgan fingerprint density at radius 1 is 1.02 bits per heavy atom. The van der Waals surface area contributed by atoms with Gasteiger partial charge in [0, 0.05) is 30.2 Å². The van der Waals surface area contributed by atoms with Crippen molar-refractivity contribution in [1.82, 2.24) is 13.9 Å². The summed E-state index contributed by atoms with van der Waals surface area (Å²) in [7, 11) is -3.53. The number of fused-ring (bicyclic) bond motifs is 1. The second-order valence-electron chi connectivity index (χ2n) is 12.7. The quantitative estimate of drug-likeness (QED) is 0.336. The molecular weight excluding hydrogens is 544 g/mol. The van der Waals surface area contributed by atoms with E-state index in [1.54, 1.807) is 27.1 Å². The third-order valence-corrected chi connectivity index (χ3v) is 11.7. The fraction of sp³-hybridized carbons (Fsp3) is 0.548. The van der Waals surface area contributed by atoms with Crippen LogP contribution in [0.4, 0.5) is 11.5 Å². The molecule has 6 rings (SSSR count). The minimum absolute atomic E-state index is 0.105. The number of hydrogen-bond donors (Lipinski definition) is 1. The number of sulfonamides is 1. The summed E-state index contributed by atoms with van der Waals surface area (Å²) in [6.07, 6.45) is 8.74. The van der Waals surface area contributed by atoms with Crippen LogP contribution in [0, 0.1) is 24.2 Å².